The van der Waals surface area contributed by atoms with Crippen LogP contribution in [-0.4, -0.2) is 72.1 Å². The van der Waals surface area contributed by atoms with Crippen molar-refractivity contribution < 1.29 is 19.1 Å². The number of likely N-dealkylation sites (tertiary alicyclic amines) is 2. The van der Waals surface area contributed by atoms with Crippen LogP contribution < -0.4 is 10.6 Å². The number of carbonyl (C=O) groups is 3. The number of nitrogens with zero attached hydrogens (tertiary/aromatic N) is 2. The van der Waals surface area contributed by atoms with Gasteiger partial charge in [-0.05, 0) is 76.7 Å². The summed E-state index contributed by atoms with van der Waals surface area (Å²) < 4.78 is 5.44. The number of hydrogen-bond acceptors (Lipinski definition) is 6. The molecule has 3 fully saturated rings. The second-order valence-electron chi connectivity index (χ2n) is 10.6. The fraction of sp³-hybridized carbons (Fsp3) is 0.640. The number of carbonyl (C=O) groups excluding carboxylic acids is 3. The maximum atomic E-state index is 12.1. The lowest BCUT2D eigenvalue weighted by molar-refractivity contribution is -0.133. The van der Waals surface area contributed by atoms with Crippen molar-refractivity contribution in [2.24, 2.45) is 5.92 Å². The first-order valence-electron chi connectivity index (χ1n) is 12.1. The Kier molecular flexibility index (Phi) is 6.93. The molecule has 0 bridgehead atoms. The lowest BCUT2D eigenvalue weighted by atomic mass is 9.88. The molecule has 4 rings (SSSR count). The van der Waals surface area contributed by atoms with E-state index < -0.39 is 5.60 Å². The molecule has 1 aromatic carbocycles. The van der Waals surface area contributed by atoms with E-state index in [2.05, 4.69) is 27.7 Å². The number of piperidine rings is 2. The summed E-state index contributed by atoms with van der Waals surface area (Å²) in [6.45, 7) is 10.4. The summed E-state index contributed by atoms with van der Waals surface area (Å²) in [5, 5.41) is 5.69. The fourth-order valence-electron chi connectivity index (χ4n) is 4.89. The van der Waals surface area contributed by atoms with E-state index >= 15 is 0 Å². The van der Waals surface area contributed by atoms with Crippen LogP contribution in [0.4, 0.5) is 10.5 Å². The molecule has 1 atom stereocenters. The molecule has 1 aromatic rings. The molecule has 3 amide bonds. The van der Waals surface area contributed by atoms with Crippen LogP contribution in [-0.2, 0) is 14.3 Å². The van der Waals surface area contributed by atoms with E-state index in [1.165, 1.54) is 5.56 Å². The highest BCUT2D eigenvalue weighted by molar-refractivity contribution is 6.01. The summed E-state index contributed by atoms with van der Waals surface area (Å²) in [7, 11) is 0. The minimum Gasteiger partial charge on any atom is -0.444 e. The van der Waals surface area contributed by atoms with Gasteiger partial charge >= 0.3 is 6.09 Å². The number of ether oxygens (including phenoxy) is 1. The minimum absolute atomic E-state index is 0.196. The average Bonchev–Trinajstić information content (AvgIpc) is 2.72. The molecule has 3 heterocycles. The Morgan fingerprint density at radius 3 is 2.55 bits per heavy atom. The molecule has 8 nitrogen and oxygen atoms in total. The van der Waals surface area contributed by atoms with Crippen molar-refractivity contribution in [1.29, 1.82) is 0 Å². The second kappa shape index (κ2) is 9.71. The van der Waals surface area contributed by atoms with Gasteiger partial charge in [-0.2, -0.15) is 0 Å². The van der Waals surface area contributed by atoms with Crippen LogP contribution in [0.25, 0.3) is 0 Å². The van der Waals surface area contributed by atoms with E-state index in [4.69, 9.17) is 4.74 Å². The SMILES string of the molecule is CC(C)(C)OC(=O)N1CC(CN2CCC(c3cccc(NC4CCC(=O)NC4=O)c3)CC2)C1. The first-order valence-corrected chi connectivity index (χ1v) is 12.1. The smallest absolute Gasteiger partial charge is 0.410 e. The molecule has 3 saturated heterocycles. The van der Waals surface area contributed by atoms with Crippen molar-refractivity contribution in [2.45, 2.75) is 64.0 Å². The van der Waals surface area contributed by atoms with Crippen molar-refractivity contribution in [1.82, 2.24) is 15.1 Å². The molecular formula is C25H36N4O4. The van der Waals surface area contributed by atoms with Gasteiger partial charge in [-0.3, -0.25) is 14.9 Å². The molecule has 0 spiro atoms. The van der Waals surface area contributed by atoms with Gasteiger partial charge in [0.05, 0.1) is 0 Å². The molecule has 33 heavy (non-hydrogen) atoms. The average molecular weight is 457 g/mol. The number of nitrogens with one attached hydrogen (secondary N) is 2. The van der Waals surface area contributed by atoms with Crippen LogP contribution >= 0.6 is 0 Å². The number of imide groups is 1. The second-order valence-corrected chi connectivity index (χ2v) is 10.6. The molecular weight excluding hydrogens is 420 g/mol. The molecule has 3 aliphatic heterocycles. The van der Waals surface area contributed by atoms with Crippen LogP contribution in [0.5, 0.6) is 0 Å². The number of amides is 3. The summed E-state index contributed by atoms with van der Waals surface area (Å²) in [5.74, 6) is 0.587. The van der Waals surface area contributed by atoms with Crippen molar-refractivity contribution >= 4 is 23.6 Å². The molecule has 1 unspecified atom stereocenters. The highest BCUT2D eigenvalue weighted by Crippen LogP contribution is 2.31. The van der Waals surface area contributed by atoms with Crippen LogP contribution in [0.15, 0.2) is 24.3 Å². The Morgan fingerprint density at radius 1 is 1.15 bits per heavy atom. The summed E-state index contributed by atoms with van der Waals surface area (Å²) in [5.41, 5.74) is 1.78. The Balaban J connectivity index is 1.21. The van der Waals surface area contributed by atoms with Gasteiger partial charge in [-0.1, -0.05) is 12.1 Å². The van der Waals surface area contributed by atoms with Gasteiger partial charge in [0.15, 0.2) is 0 Å². The summed E-state index contributed by atoms with van der Waals surface area (Å²) >= 11 is 0. The van der Waals surface area contributed by atoms with Crippen LogP contribution in [0.2, 0.25) is 0 Å². The van der Waals surface area contributed by atoms with E-state index in [1.807, 2.05) is 32.9 Å². The lowest BCUT2D eigenvalue weighted by Gasteiger charge is -2.43. The third kappa shape index (κ3) is 6.25. The van der Waals surface area contributed by atoms with Crippen molar-refractivity contribution in [2.75, 3.05) is 38.0 Å². The number of anilines is 1. The third-order valence-corrected chi connectivity index (χ3v) is 6.65. The molecule has 0 aromatic heterocycles. The standard InChI is InChI=1S/C25H36N4O4/c1-25(2,3)33-24(32)29-15-17(16-29)14-28-11-9-18(10-12-28)19-5-4-6-20(13-19)26-21-7-8-22(30)27-23(21)31/h4-6,13,17-18,21,26H,7-12,14-16H2,1-3H3,(H,27,30,31). The molecule has 2 N–H and O–H groups in total. The van der Waals surface area contributed by atoms with Gasteiger partial charge in [0.25, 0.3) is 0 Å². The maximum Gasteiger partial charge on any atom is 0.410 e. The summed E-state index contributed by atoms with van der Waals surface area (Å²) in [6, 6.07) is 7.97. The monoisotopic (exact) mass is 456 g/mol. The quantitative estimate of drug-likeness (QED) is 0.662. The van der Waals surface area contributed by atoms with Crippen LogP contribution in [0, 0.1) is 5.92 Å². The van der Waals surface area contributed by atoms with Crippen molar-refractivity contribution in [3.05, 3.63) is 29.8 Å². The van der Waals surface area contributed by atoms with E-state index in [0.717, 1.165) is 51.3 Å². The fourth-order valence-corrected chi connectivity index (χ4v) is 4.89. The van der Waals surface area contributed by atoms with Crippen LogP contribution in [0.1, 0.15) is 57.9 Å². The zero-order chi connectivity index (χ0) is 23.6. The highest BCUT2D eigenvalue weighted by atomic mass is 16.6. The summed E-state index contributed by atoms with van der Waals surface area (Å²) in [6.07, 6.45) is 2.90. The number of hydrogen-bond donors (Lipinski definition) is 2. The zero-order valence-electron chi connectivity index (χ0n) is 19.9. The van der Waals surface area contributed by atoms with Crippen LogP contribution in [0.3, 0.4) is 0 Å². The van der Waals surface area contributed by atoms with Gasteiger partial charge in [0.1, 0.15) is 11.6 Å². The minimum atomic E-state index is -0.446. The largest absolute Gasteiger partial charge is 0.444 e. The molecule has 8 heteroatoms. The molecule has 0 radical (unpaired) electrons. The zero-order valence-corrected chi connectivity index (χ0v) is 19.9. The number of benzene rings is 1. The van der Waals surface area contributed by atoms with E-state index in [1.54, 1.807) is 4.90 Å². The van der Waals surface area contributed by atoms with Gasteiger partial charge in [0.2, 0.25) is 11.8 Å². The molecule has 0 saturated carbocycles. The Bertz CT molecular complexity index is 883. The molecule has 3 aliphatic rings. The van der Waals surface area contributed by atoms with E-state index in [-0.39, 0.29) is 23.9 Å². The lowest BCUT2D eigenvalue weighted by Crippen LogP contribution is -2.55. The van der Waals surface area contributed by atoms with Gasteiger partial charge < -0.3 is 19.9 Å². The topological polar surface area (TPSA) is 91.0 Å². The first-order chi connectivity index (χ1) is 15.7. The third-order valence-electron chi connectivity index (χ3n) is 6.65. The van der Waals surface area contributed by atoms with Crippen molar-refractivity contribution in [3.8, 4) is 0 Å². The van der Waals surface area contributed by atoms with Gasteiger partial charge in [0, 0.05) is 37.7 Å². The Hall–Kier alpha value is -2.61. The summed E-state index contributed by atoms with van der Waals surface area (Å²) in [4.78, 5) is 39.8. The van der Waals surface area contributed by atoms with Gasteiger partial charge in [-0.25, -0.2) is 4.79 Å². The van der Waals surface area contributed by atoms with Gasteiger partial charge in [-0.15, -0.1) is 0 Å². The normalized spacial score (nSPS) is 23.1. The predicted octanol–water partition coefficient (Wildman–Crippen LogP) is 2.95. The van der Waals surface area contributed by atoms with E-state index in [0.29, 0.717) is 24.7 Å². The van der Waals surface area contributed by atoms with Crippen molar-refractivity contribution in [3.63, 3.8) is 0 Å². The highest BCUT2D eigenvalue weighted by Gasteiger charge is 2.35. The first kappa shape index (κ1) is 23.5. The maximum absolute atomic E-state index is 12.1. The molecule has 0 aliphatic carbocycles. The Labute approximate surface area is 196 Å². The molecule has 180 valence electrons. The predicted molar refractivity (Wildman–Crippen MR) is 126 cm³/mol. The number of rotatable bonds is 5. The Morgan fingerprint density at radius 2 is 1.88 bits per heavy atom. The van der Waals surface area contributed by atoms with E-state index in [9.17, 15) is 14.4 Å².